The van der Waals surface area contributed by atoms with Gasteiger partial charge in [0.25, 0.3) is 11.6 Å². The van der Waals surface area contributed by atoms with E-state index in [0.29, 0.717) is 12.2 Å². The van der Waals surface area contributed by atoms with Crippen LogP contribution in [-0.4, -0.2) is 28.7 Å². The lowest BCUT2D eigenvalue weighted by Crippen LogP contribution is -2.38. The van der Waals surface area contributed by atoms with Crippen LogP contribution in [0.25, 0.3) is 0 Å². The zero-order valence-corrected chi connectivity index (χ0v) is 16.3. The van der Waals surface area contributed by atoms with Gasteiger partial charge in [0, 0.05) is 39.8 Å². The summed E-state index contributed by atoms with van der Waals surface area (Å²) >= 11 is 1.51. The van der Waals surface area contributed by atoms with Crippen molar-refractivity contribution in [2.45, 2.75) is 42.9 Å². The number of hydrogen-bond acceptors (Lipinski definition) is 5. The van der Waals surface area contributed by atoms with Crippen molar-refractivity contribution in [2.24, 2.45) is 0 Å². The first kappa shape index (κ1) is 19.2. The summed E-state index contributed by atoms with van der Waals surface area (Å²) in [7, 11) is 0. The number of thioether (sulfide) groups is 1. The normalized spacial score (nSPS) is 16.5. The Kier molecular flexibility index (Phi) is 5.70. The van der Waals surface area contributed by atoms with Crippen molar-refractivity contribution in [3.05, 3.63) is 63.7 Å². The molecule has 1 N–H and O–H groups in total. The standard InChI is InChI=1S/C20H22N2O4S/c1-12(2)27-19-9-8-14(22(24)25)10-16(19)20(23)21-13(3)17-11-26-18-7-5-4-6-15(17)18/h4-10,12-13,17H,11H2,1-3H3,(H,21,23)/t13-,17-/m0/s1. The largest absolute Gasteiger partial charge is 0.493 e. The Morgan fingerprint density at radius 3 is 2.70 bits per heavy atom. The Morgan fingerprint density at radius 1 is 1.26 bits per heavy atom. The van der Waals surface area contributed by atoms with E-state index in [1.54, 1.807) is 6.07 Å². The van der Waals surface area contributed by atoms with Gasteiger partial charge in [-0.05, 0) is 19.1 Å². The minimum atomic E-state index is -0.481. The van der Waals surface area contributed by atoms with Crippen LogP contribution in [0, 0.1) is 10.1 Å². The predicted molar refractivity (Wildman–Crippen MR) is 106 cm³/mol. The maximum Gasteiger partial charge on any atom is 0.270 e. The molecule has 6 nitrogen and oxygen atoms in total. The van der Waals surface area contributed by atoms with Gasteiger partial charge >= 0.3 is 0 Å². The van der Waals surface area contributed by atoms with E-state index in [-0.39, 0.29) is 28.8 Å². The fourth-order valence-corrected chi connectivity index (χ4v) is 4.09. The van der Waals surface area contributed by atoms with Crippen LogP contribution in [0.3, 0.4) is 0 Å². The summed E-state index contributed by atoms with van der Waals surface area (Å²) < 4.78 is 5.70. The lowest BCUT2D eigenvalue weighted by Gasteiger charge is -2.21. The lowest BCUT2D eigenvalue weighted by molar-refractivity contribution is -0.384. The maximum absolute atomic E-state index is 12.9. The van der Waals surface area contributed by atoms with Gasteiger partial charge in [0.1, 0.15) is 5.75 Å². The summed E-state index contributed by atoms with van der Waals surface area (Å²) in [5.74, 6) is 0.582. The van der Waals surface area contributed by atoms with E-state index < -0.39 is 4.92 Å². The third kappa shape index (κ3) is 4.24. The third-order valence-electron chi connectivity index (χ3n) is 4.48. The number of non-ortho nitro benzene ring substituents is 1. The van der Waals surface area contributed by atoms with Crippen LogP contribution in [0.1, 0.15) is 42.6 Å². The summed E-state index contributed by atoms with van der Waals surface area (Å²) in [6.07, 6.45) is 0. The molecule has 0 aromatic heterocycles. The van der Waals surface area contributed by atoms with Crippen LogP contribution in [-0.2, 0) is 0 Å². The van der Waals surface area contributed by atoms with Crippen LogP contribution < -0.4 is 10.1 Å². The zero-order chi connectivity index (χ0) is 19.6. The Morgan fingerprint density at radius 2 is 2.00 bits per heavy atom. The minimum Gasteiger partial charge on any atom is -0.493 e. The third-order valence-corrected chi connectivity index (χ3v) is 5.56. The Labute approximate surface area is 162 Å². The summed E-state index contributed by atoms with van der Waals surface area (Å²) in [6, 6.07) is 12.1. The van der Waals surface area contributed by atoms with E-state index >= 15 is 0 Å². The summed E-state index contributed by atoms with van der Waals surface area (Å²) in [4.78, 5) is 24.3. The molecule has 0 radical (unpaired) electrons. The van der Waals surface area contributed by atoms with Crippen molar-refractivity contribution in [2.75, 3.05) is 6.61 Å². The van der Waals surface area contributed by atoms with E-state index in [4.69, 9.17) is 4.74 Å². The number of hydrogen-bond donors (Lipinski definition) is 1. The van der Waals surface area contributed by atoms with Gasteiger partial charge in [-0.1, -0.05) is 32.0 Å². The Balaban J connectivity index is 1.83. The van der Waals surface area contributed by atoms with E-state index in [0.717, 1.165) is 16.2 Å². The fraction of sp³-hybridized carbons (Fsp3) is 0.350. The molecule has 27 heavy (non-hydrogen) atoms. The quantitative estimate of drug-likeness (QED) is 0.452. The molecule has 1 heterocycles. The fourth-order valence-electron chi connectivity index (χ4n) is 3.15. The summed E-state index contributed by atoms with van der Waals surface area (Å²) in [6.45, 7) is 6.47. The Hall–Kier alpha value is -2.54. The molecule has 0 saturated heterocycles. The SMILES string of the molecule is CC(C)Sc1ccc([N+](=O)[O-])cc1C(=O)N[C@@H](C)[C@@H]1COc2ccccc21. The van der Waals surface area contributed by atoms with Crippen LogP contribution in [0.2, 0.25) is 0 Å². The number of nitro groups is 1. The van der Waals surface area contributed by atoms with Gasteiger partial charge in [-0.2, -0.15) is 0 Å². The van der Waals surface area contributed by atoms with Gasteiger partial charge in [-0.15, -0.1) is 11.8 Å². The average Bonchev–Trinajstić information content (AvgIpc) is 3.05. The van der Waals surface area contributed by atoms with Gasteiger partial charge in [-0.25, -0.2) is 0 Å². The van der Waals surface area contributed by atoms with Gasteiger partial charge in [0.05, 0.1) is 17.1 Å². The zero-order valence-electron chi connectivity index (χ0n) is 15.5. The van der Waals surface area contributed by atoms with E-state index in [2.05, 4.69) is 5.32 Å². The van der Waals surface area contributed by atoms with Gasteiger partial charge < -0.3 is 10.1 Å². The van der Waals surface area contributed by atoms with Crippen molar-refractivity contribution in [3.63, 3.8) is 0 Å². The predicted octanol–water partition coefficient (Wildman–Crippen LogP) is 4.39. The first-order valence-electron chi connectivity index (χ1n) is 8.84. The van der Waals surface area contributed by atoms with Gasteiger partial charge in [0.2, 0.25) is 0 Å². The molecule has 7 heteroatoms. The number of para-hydroxylation sites is 1. The molecule has 0 unspecified atom stereocenters. The molecule has 1 aliphatic rings. The molecule has 2 aromatic carbocycles. The van der Waals surface area contributed by atoms with E-state index in [9.17, 15) is 14.9 Å². The second-order valence-electron chi connectivity index (χ2n) is 6.82. The molecule has 0 bridgehead atoms. The number of carbonyl (C=O) groups excluding carboxylic acids is 1. The van der Waals surface area contributed by atoms with Crippen LogP contribution in [0.15, 0.2) is 47.4 Å². The number of ether oxygens (including phenoxy) is 1. The molecule has 2 atom stereocenters. The molecule has 0 fully saturated rings. The molecule has 0 saturated carbocycles. The van der Waals surface area contributed by atoms with Crippen LogP contribution in [0.5, 0.6) is 5.75 Å². The highest BCUT2D eigenvalue weighted by atomic mass is 32.2. The first-order chi connectivity index (χ1) is 12.9. The highest BCUT2D eigenvalue weighted by Gasteiger charge is 2.30. The number of amides is 1. The molecule has 1 aliphatic heterocycles. The van der Waals surface area contributed by atoms with Crippen molar-refractivity contribution in [1.29, 1.82) is 0 Å². The molecule has 3 rings (SSSR count). The van der Waals surface area contributed by atoms with Gasteiger partial charge in [0.15, 0.2) is 0 Å². The second-order valence-corrected chi connectivity index (χ2v) is 8.44. The topological polar surface area (TPSA) is 81.5 Å². The van der Waals surface area contributed by atoms with Crippen molar-refractivity contribution in [3.8, 4) is 5.75 Å². The highest BCUT2D eigenvalue weighted by Crippen LogP contribution is 2.36. The first-order valence-corrected chi connectivity index (χ1v) is 9.72. The number of fused-ring (bicyclic) bond motifs is 1. The number of nitro benzene ring substituents is 1. The Bertz CT molecular complexity index is 869. The number of benzene rings is 2. The van der Waals surface area contributed by atoms with Crippen molar-refractivity contribution >= 4 is 23.4 Å². The molecule has 1 amide bonds. The second kappa shape index (κ2) is 8.00. The molecule has 142 valence electrons. The van der Waals surface area contributed by atoms with Crippen molar-refractivity contribution in [1.82, 2.24) is 5.32 Å². The van der Waals surface area contributed by atoms with Crippen molar-refractivity contribution < 1.29 is 14.5 Å². The number of nitrogens with zero attached hydrogens (tertiary/aromatic N) is 1. The van der Waals surface area contributed by atoms with E-state index in [1.165, 1.54) is 23.9 Å². The molecule has 0 aliphatic carbocycles. The average molecular weight is 386 g/mol. The monoisotopic (exact) mass is 386 g/mol. The van der Waals surface area contributed by atoms with Crippen LogP contribution in [0.4, 0.5) is 5.69 Å². The number of rotatable bonds is 6. The van der Waals surface area contributed by atoms with E-state index in [1.807, 2.05) is 45.0 Å². The molecular formula is C20H22N2O4S. The highest BCUT2D eigenvalue weighted by molar-refractivity contribution is 8.00. The number of nitrogens with one attached hydrogen (secondary N) is 1. The summed E-state index contributed by atoms with van der Waals surface area (Å²) in [5, 5.41) is 14.4. The number of carbonyl (C=O) groups is 1. The molecule has 2 aromatic rings. The summed E-state index contributed by atoms with van der Waals surface area (Å²) in [5.41, 5.74) is 1.32. The molecule has 0 spiro atoms. The smallest absolute Gasteiger partial charge is 0.270 e. The lowest BCUT2D eigenvalue weighted by atomic mass is 9.94. The maximum atomic E-state index is 12.9. The van der Waals surface area contributed by atoms with Gasteiger partial charge in [-0.3, -0.25) is 14.9 Å². The van der Waals surface area contributed by atoms with Crippen LogP contribution >= 0.6 is 11.8 Å². The minimum absolute atomic E-state index is 0.0463. The molecular weight excluding hydrogens is 364 g/mol.